The minimum absolute atomic E-state index is 0.880. The van der Waals surface area contributed by atoms with Crippen LogP contribution in [0.5, 0.6) is 0 Å². The summed E-state index contributed by atoms with van der Waals surface area (Å²) in [5.74, 6) is 0.902. The number of hydrogen-bond acceptors (Lipinski definition) is 4. The second-order valence-corrected chi connectivity index (χ2v) is 6.34. The van der Waals surface area contributed by atoms with Crippen molar-refractivity contribution in [3.8, 4) is 0 Å². The molecule has 0 fully saturated rings. The number of nitrogens with zero attached hydrogens (tertiary/aromatic N) is 4. The van der Waals surface area contributed by atoms with Crippen LogP contribution in [0.2, 0.25) is 0 Å². The van der Waals surface area contributed by atoms with Crippen molar-refractivity contribution in [1.29, 1.82) is 0 Å². The van der Waals surface area contributed by atoms with Gasteiger partial charge in [0.05, 0.1) is 11.6 Å². The number of unbranched alkanes of at least 4 members (excludes halogenated alkanes) is 9. The highest BCUT2D eigenvalue weighted by Gasteiger charge is 2.06. The molecule has 0 unspecified atom stereocenters. The molecule has 0 spiro atoms. The van der Waals surface area contributed by atoms with E-state index < -0.39 is 0 Å². The Hall–Kier alpha value is -1.65. The predicted molar refractivity (Wildman–Crippen MR) is 96.6 cm³/mol. The molecular formula is C18H31N5. The molecule has 0 amide bonds. The number of hydrogen-bond donors (Lipinski definition) is 1. The lowest BCUT2D eigenvalue weighted by atomic mass is 10.1. The van der Waals surface area contributed by atoms with Crippen molar-refractivity contribution in [3.05, 3.63) is 12.5 Å². The number of anilines is 1. The zero-order chi connectivity index (χ0) is 16.3. The average Bonchev–Trinajstić information content (AvgIpc) is 2.95. The van der Waals surface area contributed by atoms with Crippen molar-refractivity contribution in [2.75, 3.05) is 11.9 Å². The third-order valence-electron chi connectivity index (χ3n) is 4.35. The Morgan fingerprint density at radius 2 is 1.57 bits per heavy atom. The molecule has 2 aromatic rings. The standard InChI is InChI=1S/C18H31N5/c1-3-4-5-6-7-8-9-10-11-12-13-19-17-16-14-22-23(2)18(16)21-15-20-17/h14-15H,3-13H2,1-2H3,(H,19,20,21). The smallest absolute Gasteiger partial charge is 0.163 e. The normalized spacial score (nSPS) is 11.2. The van der Waals surface area contributed by atoms with Crippen molar-refractivity contribution in [2.24, 2.45) is 7.05 Å². The Morgan fingerprint density at radius 1 is 0.913 bits per heavy atom. The highest BCUT2D eigenvalue weighted by molar-refractivity contribution is 5.85. The van der Waals surface area contributed by atoms with Crippen LogP contribution in [0.4, 0.5) is 5.82 Å². The molecular weight excluding hydrogens is 286 g/mol. The molecule has 23 heavy (non-hydrogen) atoms. The van der Waals surface area contributed by atoms with Gasteiger partial charge in [-0.25, -0.2) is 9.97 Å². The molecule has 128 valence electrons. The fourth-order valence-electron chi connectivity index (χ4n) is 2.92. The van der Waals surface area contributed by atoms with Crippen LogP contribution in [0.15, 0.2) is 12.5 Å². The lowest BCUT2D eigenvalue weighted by Crippen LogP contribution is -2.04. The monoisotopic (exact) mass is 317 g/mol. The van der Waals surface area contributed by atoms with Gasteiger partial charge in [-0.3, -0.25) is 4.68 Å². The number of fused-ring (bicyclic) bond motifs is 1. The summed E-state index contributed by atoms with van der Waals surface area (Å²) in [6.07, 6.45) is 17.0. The van der Waals surface area contributed by atoms with Crippen LogP contribution >= 0.6 is 0 Å². The number of aromatic nitrogens is 4. The molecule has 2 rings (SSSR count). The molecule has 0 saturated heterocycles. The summed E-state index contributed by atoms with van der Waals surface area (Å²) in [5, 5.41) is 8.66. The van der Waals surface area contributed by atoms with Crippen molar-refractivity contribution in [3.63, 3.8) is 0 Å². The highest BCUT2D eigenvalue weighted by atomic mass is 15.3. The van der Waals surface area contributed by atoms with E-state index in [0.717, 1.165) is 23.4 Å². The summed E-state index contributed by atoms with van der Waals surface area (Å²) < 4.78 is 1.78. The van der Waals surface area contributed by atoms with Gasteiger partial charge in [-0.05, 0) is 6.42 Å². The van der Waals surface area contributed by atoms with E-state index in [4.69, 9.17) is 0 Å². The van der Waals surface area contributed by atoms with E-state index in [2.05, 4.69) is 27.3 Å². The summed E-state index contributed by atoms with van der Waals surface area (Å²) in [5.41, 5.74) is 0.880. The maximum absolute atomic E-state index is 4.33. The van der Waals surface area contributed by atoms with E-state index in [1.807, 2.05) is 13.2 Å². The molecule has 0 atom stereocenters. The molecule has 5 heteroatoms. The molecule has 0 radical (unpaired) electrons. The SMILES string of the molecule is CCCCCCCCCCCCNc1ncnc2c1cnn2C. The Kier molecular flexibility index (Phi) is 7.84. The Labute approximate surface area is 139 Å². The molecule has 2 aromatic heterocycles. The quantitative estimate of drug-likeness (QED) is 0.577. The molecule has 0 bridgehead atoms. The summed E-state index contributed by atoms with van der Waals surface area (Å²) in [7, 11) is 1.90. The Morgan fingerprint density at radius 3 is 2.26 bits per heavy atom. The van der Waals surface area contributed by atoms with Crippen LogP contribution in [-0.2, 0) is 7.05 Å². The third kappa shape index (κ3) is 5.81. The van der Waals surface area contributed by atoms with Gasteiger partial charge in [0.2, 0.25) is 0 Å². The van der Waals surface area contributed by atoms with Crippen molar-refractivity contribution < 1.29 is 0 Å². The maximum Gasteiger partial charge on any atom is 0.163 e. The fourth-order valence-corrected chi connectivity index (χ4v) is 2.92. The van der Waals surface area contributed by atoms with Gasteiger partial charge in [-0.2, -0.15) is 5.10 Å². The lowest BCUT2D eigenvalue weighted by Gasteiger charge is -2.06. The molecule has 1 N–H and O–H groups in total. The predicted octanol–water partition coefficient (Wildman–Crippen LogP) is 4.70. The molecule has 0 aliphatic rings. The lowest BCUT2D eigenvalue weighted by molar-refractivity contribution is 0.560. The van der Waals surface area contributed by atoms with Crippen molar-refractivity contribution in [1.82, 2.24) is 19.7 Å². The second kappa shape index (κ2) is 10.2. The first-order chi connectivity index (χ1) is 11.3. The van der Waals surface area contributed by atoms with Gasteiger partial charge in [0, 0.05) is 13.6 Å². The Balaban J connectivity index is 1.54. The Bertz CT molecular complexity index is 564. The minimum atomic E-state index is 0.880. The topological polar surface area (TPSA) is 55.6 Å². The zero-order valence-electron chi connectivity index (χ0n) is 14.7. The highest BCUT2D eigenvalue weighted by Crippen LogP contribution is 2.17. The third-order valence-corrected chi connectivity index (χ3v) is 4.35. The molecule has 0 aliphatic carbocycles. The summed E-state index contributed by atoms with van der Waals surface area (Å²) in [6.45, 7) is 3.24. The van der Waals surface area contributed by atoms with Gasteiger partial charge >= 0.3 is 0 Å². The number of nitrogens with one attached hydrogen (secondary N) is 1. The number of aryl methyl sites for hydroxylation is 1. The van der Waals surface area contributed by atoms with Gasteiger partial charge in [-0.15, -0.1) is 0 Å². The summed E-state index contributed by atoms with van der Waals surface area (Å²) in [4.78, 5) is 8.58. The molecule has 0 aromatic carbocycles. The first-order valence-corrected chi connectivity index (χ1v) is 9.19. The van der Waals surface area contributed by atoms with Gasteiger partial charge in [0.25, 0.3) is 0 Å². The minimum Gasteiger partial charge on any atom is -0.369 e. The van der Waals surface area contributed by atoms with E-state index in [1.54, 1.807) is 11.0 Å². The summed E-state index contributed by atoms with van der Waals surface area (Å²) >= 11 is 0. The van der Waals surface area contributed by atoms with Crippen LogP contribution in [0.25, 0.3) is 11.0 Å². The van der Waals surface area contributed by atoms with E-state index in [0.29, 0.717) is 0 Å². The first-order valence-electron chi connectivity index (χ1n) is 9.19. The molecule has 5 nitrogen and oxygen atoms in total. The molecule has 0 aliphatic heterocycles. The number of rotatable bonds is 12. The van der Waals surface area contributed by atoms with Crippen LogP contribution in [0.3, 0.4) is 0 Å². The maximum atomic E-state index is 4.33. The largest absolute Gasteiger partial charge is 0.369 e. The second-order valence-electron chi connectivity index (χ2n) is 6.34. The summed E-state index contributed by atoms with van der Waals surface area (Å²) in [6, 6.07) is 0. The average molecular weight is 317 g/mol. The van der Waals surface area contributed by atoms with Gasteiger partial charge < -0.3 is 5.32 Å². The van der Waals surface area contributed by atoms with E-state index in [1.165, 1.54) is 64.2 Å². The zero-order valence-corrected chi connectivity index (χ0v) is 14.7. The fraction of sp³-hybridized carbons (Fsp3) is 0.722. The molecule has 2 heterocycles. The van der Waals surface area contributed by atoms with Crippen LogP contribution in [0, 0.1) is 0 Å². The van der Waals surface area contributed by atoms with E-state index >= 15 is 0 Å². The van der Waals surface area contributed by atoms with Crippen LogP contribution in [0.1, 0.15) is 71.1 Å². The van der Waals surface area contributed by atoms with Crippen LogP contribution < -0.4 is 5.32 Å². The van der Waals surface area contributed by atoms with Gasteiger partial charge in [0.1, 0.15) is 12.1 Å². The van der Waals surface area contributed by atoms with Crippen molar-refractivity contribution in [2.45, 2.75) is 71.1 Å². The first kappa shape index (κ1) is 17.7. The van der Waals surface area contributed by atoms with E-state index in [9.17, 15) is 0 Å². The van der Waals surface area contributed by atoms with Gasteiger partial charge in [0.15, 0.2) is 5.65 Å². The van der Waals surface area contributed by atoms with Crippen molar-refractivity contribution >= 4 is 16.9 Å². The van der Waals surface area contributed by atoms with Crippen LogP contribution in [-0.4, -0.2) is 26.3 Å². The van der Waals surface area contributed by atoms with E-state index in [-0.39, 0.29) is 0 Å². The molecule has 0 saturated carbocycles. The van der Waals surface area contributed by atoms with Gasteiger partial charge in [-0.1, -0.05) is 64.7 Å².